The second-order valence-electron chi connectivity index (χ2n) is 4.30. The van der Waals surface area contributed by atoms with Gasteiger partial charge < -0.3 is 5.73 Å². The van der Waals surface area contributed by atoms with Crippen LogP contribution in [-0.2, 0) is 0 Å². The highest BCUT2D eigenvalue weighted by Crippen LogP contribution is 2.18. The van der Waals surface area contributed by atoms with Crippen LogP contribution >= 0.6 is 0 Å². The molecule has 2 heterocycles. The molecule has 0 radical (unpaired) electrons. The van der Waals surface area contributed by atoms with Crippen LogP contribution in [0.15, 0.2) is 49.1 Å². The summed E-state index contributed by atoms with van der Waals surface area (Å²) >= 11 is 0. The number of hydrogen-bond donors (Lipinski definition) is 1. The smallest absolute Gasteiger partial charge is 0.181 e. The van der Waals surface area contributed by atoms with Crippen molar-refractivity contribution in [3.05, 3.63) is 54.6 Å². The van der Waals surface area contributed by atoms with E-state index in [1.165, 1.54) is 0 Å². The van der Waals surface area contributed by atoms with Crippen molar-refractivity contribution < 1.29 is 0 Å². The number of nitrogens with two attached hydrogens (primary N) is 1. The normalized spacial score (nSPS) is 10.6. The molecule has 2 aromatic heterocycles. The first kappa shape index (κ1) is 11.4. The molecule has 0 aliphatic heterocycles. The minimum atomic E-state index is 0.670. The van der Waals surface area contributed by atoms with E-state index >= 15 is 0 Å². The predicted molar refractivity (Wildman–Crippen MR) is 73.7 cm³/mol. The maximum Gasteiger partial charge on any atom is 0.181 e. The van der Waals surface area contributed by atoms with Crippen LogP contribution < -0.4 is 5.73 Å². The molecule has 0 spiro atoms. The molecule has 0 atom stereocenters. The third-order valence-corrected chi connectivity index (χ3v) is 2.92. The van der Waals surface area contributed by atoms with Crippen LogP contribution in [0.5, 0.6) is 0 Å². The zero-order valence-corrected chi connectivity index (χ0v) is 10.5. The van der Waals surface area contributed by atoms with Gasteiger partial charge in [-0.3, -0.25) is 4.98 Å². The molecule has 3 rings (SSSR count). The number of aromatic nitrogens is 4. The highest BCUT2D eigenvalue weighted by molar-refractivity contribution is 5.58. The summed E-state index contributed by atoms with van der Waals surface area (Å²) in [5.74, 6) is 0.670. The maximum absolute atomic E-state index is 5.67. The van der Waals surface area contributed by atoms with E-state index in [4.69, 9.17) is 5.73 Å². The van der Waals surface area contributed by atoms with Crippen LogP contribution in [0.1, 0.15) is 5.56 Å². The standard InChI is InChI=1S/C14H13N5/c1-10-6-7-16-8-13(10)19-9-17-14(18-19)11-2-4-12(15)5-3-11/h2-9H,15H2,1H3. The molecule has 19 heavy (non-hydrogen) atoms. The highest BCUT2D eigenvalue weighted by Gasteiger charge is 2.07. The van der Waals surface area contributed by atoms with Crippen molar-refractivity contribution in [3.63, 3.8) is 0 Å². The Balaban J connectivity index is 2.00. The van der Waals surface area contributed by atoms with Gasteiger partial charge in [0.15, 0.2) is 5.82 Å². The summed E-state index contributed by atoms with van der Waals surface area (Å²) in [7, 11) is 0. The molecule has 5 heteroatoms. The van der Waals surface area contributed by atoms with Gasteiger partial charge in [-0.1, -0.05) is 0 Å². The molecule has 5 nitrogen and oxygen atoms in total. The van der Waals surface area contributed by atoms with Crippen molar-refractivity contribution in [2.45, 2.75) is 6.92 Å². The molecule has 0 unspecified atom stereocenters. The molecule has 0 amide bonds. The summed E-state index contributed by atoms with van der Waals surface area (Å²) in [5.41, 5.74) is 9.36. The fourth-order valence-electron chi connectivity index (χ4n) is 1.84. The van der Waals surface area contributed by atoms with E-state index in [-0.39, 0.29) is 0 Å². The molecule has 0 saturated heterocycles. The van der Waals surface area contributed by atoms with E-state index in [0.29, 0.717) is 5.82 Å². The third-order valence-electron chi connectivity index (χ3n) is 2.92. The molecule has 2 N–H and O–H groups in total. The second kappa shape index (κ2) is 4.53. The first-order chi connectivity index (χ1) is 9.24. The van der Waals surface area contributed by atoms with E-state index in [1.807, 2.05) is 37.3 Å². The van der Waals surface area contributed by atoms with Crippen LogP contribution in [0.3, 0.4) is 0 Å². The van der Waals surface area contributed by atoms with Gasteiger partial charge in [0, 0.05) is 17.4 Å². The summed E-state index contributed by atoms with van der Waals surface area (Å²) in [6.45, 7) is 2.02. The molecule has 0 aliphatic carbocycles. The van der Waals surface area contributed by atoms with Gasteiger partial charge in [-0.2, -0.15) is 0 Å². The number of nitrogen functional groups attached to an aromatic ring is 1. The second-order valence-corrected chi connectivity index (χ2v) is 4.30. The van der Waals surface area contributed by atoms with E-state index < -0.39 is 0 Å². The van der Waals surface area contributed by atoms with Gasteiger partial charge in [0.1, 0.15) is 6.33 Å². The molecule has 3 aromatic rings. The number of benzene rings is 1. The summed E-state index contributed by atoms with van der Waals surface area (Å²) in [6.07, 6.45) is 5.23. The van der Waals surface area contributed by atoms with Crippen LogP contribution in [0.4, 0.5) is 5.69 Å². The van der Waals surface area contributed by atoms with Gasteiger partial charge in [-0.15, -0.1) is 5.10 Å². The number of rotatable bonds is 2. The van der Waals surface area contributed by atoms with E-state index in [2.05, 4.69) is 15.1 Å². The fourth-order valence-corrected chi connectivity index (χ4v) is 1.84. The predicted octanol–water partition coefficient (Wildman–Crippen LogP) is 2.22. The SMILES string of the molecule is Cc1ccncc1-n1cnc(-c2ccc(N)cc2)n1. The number of aryl methyl sites for hydroxylation is 1. The lowest BCUT2D eigenvalue weighted by atomic mass is 10.2. The molecule has 0 fully saturated rings. The zero-order valence-electron chi connectivity index (χ0n) is 10.5. The summed E-state index contributed by atoms with van der Waals surface area (Å²) < 4.78 is 1.73. The Hall–Kier alpha value is -2.69. The van der Waals surface area contributed by atoms with E-state index in [0.717, 1.165) is 22.5 Å². The fraction of sp³-hybridized carbons (Fsp3) is 0.0714. The van der Waals surface area contributed by atoms with Crippen molar-refractivity contribution in [2.75, 3.05) is 5.73 Å². The van der Waals surface area contributed by atoms with Gasteiger partial charge >= 0.3 is 0 Å². The molecule has 0 aliphatic rings. The van der Waals surface area contributed by atoms with Gasteiger partial charge in [0.25, 0.3) is 0 Å². The Morgan fingerprint density at radius 3 is 2.63 bits per heavy atom. The van der Waals surface area contributed by atoms with E-state index in [1.54, 1.807) is 23.4 Å². The number of anilines is 1. The molecular weight excluding hydrogens is 238 g/mol. The third kappa shape index (κ3) is 2.18. The van der Waals surface area contributed by atoms with Crippen LogP contribution in [0.25, 0.3) is 17.1 Å². The van der Waals surface area contributed by atoms with Crippen molar-refractivity contribution >= 4 is 5.69 Å². The van der Waals surface area contributed by atoms with Gasteiger partial charge in [-0.05, 0) is 42.8 Å². The lowest BCUT2D eigenvalue weighted by Gasteiger charge is -2.02. The van der Waals surface area contributed by atoms with Crippen molar-refractivity contribution in [2.24, 2.45) is 0 Å². The molecule has 1 aromatic carbocycles. The maximum atomic E-state index is 5.67. The van der Waals surface area contributed by atoms with Crippen LogP contribution in [0.2, 0.25) is 0 Å². The van der Waals surface area contributed by atoms with Gasteiger partial charge in [-0.25, -0.2) is 9.67 Å². The lowest BCUT2D eigenvalue weighted by molar-refractivity contribution is 0.867. The summed E-state index contributed by atoms with van der Waals surface area (Å²) in [5, 5.41) is 4.47. The first-order valence-electron chi connectivity index (χ1n) is 5.92. The lowest BCUT2D eigenvalue weighted by Crippen LogP contribution is -1.98. The Labute approximate surface area is 110 Å². The first-order valence-corrected chi connectivity index (χ1v) is 5.92. The Kier molecular flexibility index (Phi) is 2.72. The Morgan fingerprint density at radius 2 is 1.89 bits per heavy atom. The number of nitrogens with zero attached hydrogens (tertiary/aromatic N) is 4. The van der Waals surface area contributed by atoms with Crippen molar-refractivity contribution in [1.82, 2.24) is 19.7 Å². The van der Waals surface area contributed by atoms with Crippen LogP contribution in [-0.4, -0.2) is 19.7 Å². The van der Waals surface area contributed by atoms with E-state index in [9.17, 15) is 0 Å². The molecule has 0 bridgehead atoms. The quantitative estimate of drug-likeness (QED) is 0.709. The summed E-state index contributed by atoms with van der Waals surface area (Å²) in [6, 6.07) is 9.44. The number of hydrogen-bond acceptors (Lipinski definition) is 4. The monoisotopic (exact) mass is 251 g/mol. The Morgan fingerprint density at radius 1 is 1.11 bits per heavy atom. The average Bonchev–Trinajstić information content (AvgIpc) is 2.89. The van der Waals surface area contributed by atoms with Crippen molar-refractivity contribution in [3.8, 4) is 17.1 Å². The molecular formula is C14H13N5. The minimum Gasteiger partial charge on any atom is -0.399 e. The summed E-state index contributed by atoms with van der Waals surface area (Å²) in [4.78, 5) is 8.43. The van der Waals surface area contributed by atoms with Gasteiger partial charge in [0.2, 0.25) is 0 Å². The van der Waals surface area contributed by atoms with Crippen LogP contribution in [0, 0.1) is 6.92 Å². The minimum absolute atomic E-state index is 0.670. The highest BCUT2D eigenvalue weighted by atomic mass is 15.3. The van der Waals surface area contributed by atoms with Gasteiger partial charge in [0.05, 0.1) is 11.9 Å². The number of pyridine rings is 1. The zero-order chi connectivity index (χ0) is 13.2. The Bertz CT molecular complexity index is 700. The molecule has 94 valence electrons. The molecule has 0 saturated carbocycles. The topological polar surface area (TPSA) is 69.6 Å². The average molecular weight is 251 g/mol. The van der Waals surface area contributed by atoms with Crippen molar-refractivity contribution in [1.29, 1.82) is 0 Å². The largest absolute Gasteiger partial charge is 0.399 e.